The van der Waals surface area contributed by atoms with Crippen LogP contribution in [0.4, 0.5) is 0 Å². The molecule has 0 bridgehead atoms. The molecular weight excluding hydrogens is 326 g/mol. The summed E-state index contributed by atoms with van der Waals surface area (Å²) in [4.78, 5) is 0. The van der Waals surface area contributed by atoms with Crippen LogP contribution >= 0.6 is 0 Å². The Kier molecular flexibility index (Phi) is 5.03. The van der Waals surface area contributed by atoms with E-state index in [9.17, 15) is 8.42 Å². The number of benzene rings is 1. The molecule has 1 aromatic carbocycles. The maximum atomic E-state index is 12.4. The second kappa shape index (κ2) is 7.04. The summed E-state index contributed by atoms with van der Waals surface area (Å²) in [6.07, 6.45) is 6.25. The van der Waals surface area contributed by atoms with E-state index in [2.05, 4.69) is 9.82 Å². The summed E-state index contributed by atoms with van der Waals surface area (Å²) in [6, 6.07) is 9.67. The van der Waals surface area contributed by atoms with Crippen LogP contribution < -0.4 is 4.72 Å². The van der Waals surface area contributed by atoms with Crippen molar-refractivity contribution < 1.29 is 13.2 Å². The number of ether oxygens (including phenoxy) is 1. The number of methoxy groups -OCH3 is 1. The van der Waals surface area contributed by atoms with Crippen LogP contribution in [0.2, 0.25) is 0 Å². The number of aromatic nitrogens is 2. The lowest BCUT2D eigenvalue weighted by molar-refractivity contribution is -0.0526. The lowest BCUT2D eigenvalue weighted by Crippen LogP contribution is -2.48. The molecule has 7 heteroatoms. The van der Waals surface area contributed by atoms with Crippen LogP contribution in [0.5, 0.6) is 0 Å². The van der Waals surface area contributed by atoms with Crippen molar-refractivity contribution in [3.63, 3.8) is 0 Å². The summed E-state index contributed by atoms with van der Waals surface area (Å²) in [5, 5.41) is 4.20. The molecule has 2 aromatic rings. The third kappa shape index (κ3) is 4.03. The van der Waals surface area contributed by atoms with Crippen molar-refractivity contribution in [1.82, 2.24) is 14.5 Å². The first kappa shape index (κ1) is 17.1. The minimum Gasteiger partial charge on any atom is -0.377 e. The number of nitrogens with one attached hydrogen (secondary N) is 1. The van der Waals surface area contributed by atoms with Crippen molar-refractivity contribution in [3.8, 4) is 0 Å². The summed E-state index contributed by atoms with van der Waals surface area (Å²) < 4.78 is 34.7. The fraction of sp³-hybridized carbons (Fsp3) is 0.471. The van der Waals surface area contributed by atoms with Gasteiger partial charge in [-0.25, -0.2) is 13.1 Å². The molecular formula is C17H23N3O3S. The molecule has 1 fully saturated rings. The van der Waals surface area contributed by atoms with Gasteiger partial charge < -0.3 is 4.74 Å². The Morgan fingerprint density at radius 3 is 2.58 bits per heavy atom. The van der Waals surface area contributed by atoms with Crippen LogP contribution in [0.1, 0.15) is 30.4 Å². The van der Waals surface area contributed by atoms with Crippen molar-refractivity contribution in [2.45, 2.75) is 38.0 Å². The van der Waals surface area contributed by atoms with Gasteiger partial charge in [-0.15, -0.1) is 0 Å². The van der Waals surface area contributed by atoms with Gasteiger partial charge in [-0.1, -0.05) is 24.3 Å². The Hall–Kier alpha value is -1.70. The maximum Gasteiger partial charge on any atom is 0.214 e. The van der Waals surface area contributed by atoms with E-state index < -0.39 is 15.6 Å². The van der Waals surface area contributed by atoms with E-state index in [0.717, 1.165) is 30.4 Å². The fourth-order valence-corrected chi connectivity index (χ4v) is 4.59. The molecule has 0 atom stereocenters. The van der Waals surface area contributed by atoms with Gasteiger partial charge in [-0.05, 0) is 36.5 Å². The largest absolute Gasteiger partial charge is 0.377 e. The van der Waals surface area contributed by atoms with Crippen LogP contribution in [-0.2, 0) is 27.8 Å². The standard InChI is InChI=1S/C17H23N3O3S/c1-23-17(8-4-9-17)14-24(21,22)19-12-15-6-2-3-7-16(15)13-20-11-5-10-18-20/h2-3,5-7,10-11,19H,4,8-9,12-14H2,1H3. The Morgan fingerprint density at radius 2 is 2.00 bits per heavy atom. The first-order valence-corrected chi connectivity index (χ1v) is 9.74. The van der Waals surface area contributed by atoms with Gasteiger partial charge in [-0.3, -0.25) is 4.68 Å². The Balaban J connectivity index is 1.66. The molecule has 0 amide bonds. The summed E-state index contributed by atoms with van der Waals surface area (Å²) >= 11 is 0. The van der Waals surface area contributed by atoms with Crippen molar-refractivity contribution in [3.05, 3.63) is 53.9 Å². The van der Waals surface area contributed by atoms with E-state index >= 15 is 0 Å². The highest BCUT2D eigenvalue weighted by molar-refractivity contribution is 7.89. The zero-order valence-corrected chi connectivity index (χ0v) is 14.6. The van der Waals surface area contributed by atoms with Gasteiger partial charge in [0.25, 0.3) is 0 Å². The third-order valence-corrected chi connectivity index (χ3v) is 6.13. The molecule has 0 spiro atoms. The molecule has 130 valence electrons. The summed E-state index contributed by atoms with van der Waals surface area (Å²) in [5.74, 6) is 0.0256. The zero-order chi connectivity index (χ0) is 17.0. The molecule has 0 radical (unpaired) electrons. The van der Waals surface area contributed by atoms with E-state index in [0.29, 0.717) is 6.54 Å². The predicted octanol–water partition coefficient (Wildman–Crippen LogP) is 1.92. The molecule has 1 heterocycles. The number of sulfonamides is 1. The first-order chi connectivity index (χ1) is 11.5. The lowest BCUT2D eigenvalue weighted by atomic mass is 9.82. The summed E-state index contributed by atoms with van der Waals surface area (Å²) in [5.41, 5.74) is 1.51. The van der Waals surface area contributed by atoms with E-state index in [4.69, 9.17) is 4.74 Å². The van der Waals surface area contributed by atoms with E-state index in [1.165, 1.54) is 0 Å². The molecule has 0 aliphatic heterocycles. The topological polar surface area (TPSA) is 73.2 Å². The molecule has 1 saturated carbocycles. The quantitative estimate of drug-likeness (QED) is 0.790. The fourth-order valence-electron chi connectivity index (χ4n) is 3.02. The maximum absolute atomic E-state index is 12.4. The Bertz CT molecular complexity index is 763. The van der Waals surface area contributed by atoms with Crippen LogP contribution in [0.15, 0.2) is 42.7 Å². The Morgan fingerprint density at radius 1 is 1.25 bits per heavy atom. The molecule has 1 N–H and O–H groups in total. The third-order valence-electron chi connectivity index (χ3n) is 4.64. The highest BCUT2D eigenvalue weighted by atomic mass is 32.2. The van der Waals surface area contributed by atoms with Crippen molar-refractivity contribution in [1.29, 1.82) is 0 Å². The van der Waals surface area contributed by atoms with Gasteiger partial charge >= 0.3 is 0 Å². The molecule has 0 saturated heterocycles. The average molecular weight is 349 g/mol. The zero-order valence-electron chi connectivity index (χ0n) is 13.8. The summed E-state index contributed by atoms with van der Waals surface area (Å²) in [6.45, 7) is 0.895. The van der Waals surface area contributed by atoms with Gasteiger partial charge in [0.15, 0.2) is 0 Å². The van der Waals surface area contributed by atoms with Gasteiger partial charge in [0.1, 0.15) is 0 Å². The molecule has 3 rings (SSSR count). The molecule has 1 aromatic heterocycles. The van der Waals surface area contributed by atoms with Gasteiger partial charge in [0.05, 0.1) is 17.9 Å². The smallest absolute Gasteiger partial charge is 0.214 e. The first-order valence-electron chi connectivity index (χ1n) is 8.09. The Labute approximate surface area is 142 Å². The minimum absolute atomic E-state index is 0.0256. The normalized spacial score (nSPS) is 16.7. The second-order valence-electron chi connectivity index (χ2n) is 6.29. The van der Waals surface area contributed by atoms with Crippen molar-refractivity contribution >= 4 is 10.0 Å². The van der Waals surface area contributed by atoms with Gasteiger partial charge in [-0.2, -0.15) is 5.10 Å². The van der Waals surface area contributed by atoms with E-state index in [1.54, 1.807) is 13.3 Å². The molecule has 1 aliphatic carbocycles. The van der Waals surface area contributed by atoms with Crippen LogP contribution in [-0.4, -0.2) is 36.7 Å². The number of rotatable bonds is 8. The SMILES string of the molecule is COC1(CS(=O)(=O)NCc2ccccc2Cn2cccn2)CCC1. The summed E-state index contributed by atoms with van der Waals surface area (Å²) in [7, 11) is -1.80. The van der Waals surface area contributed by atoms with E-state index in [1.807, 2.05) is 41.2 Å². The molecule has 24 heavy (non-hydrogen) atoms. The second-order valence-corrected chi connectivity index (χ2v) is 8.10. The van der Waals surface area contributed by atoms with Gasteiger partial charge in [0, 0.05) is 26.0 Å². The van der Waals surface area contributed by atoms with Gasteiger partial charge in [0.2, 0.25) is 10.0 Å². The highest BCUT2D eigenvalue weighted by Gasteiger charge is 2.41. The predicted molar refractivity (Wildman–Crippen MR) is 92.0 cm³/mol. The number of hydrogen-bond donors (Lipinski definition) is 1. The minimum atomic E-state index is -3.39. The van der Waals surface area contributed by atoms with E-state index in [-0.39, 0.29) is 12.3 Å². The van der Waals surface area contributed by atoms with Crippen LogP contribution in [0.25, 0.3) is 0 Å². The molecule has 0 unspecified atom stereocenters. The molecule has 1 aliphatic rings. The number of hydrogen-bond acceptors (Lipinski definition) is 4. The van der Waals surface area contributed by atoms with Crippen molar-refractivity contribution in [2.24, 2.45) is 0 Å². The van der Waals surface area contributed by atoms with Crippen LogP contribution in [0, 0.1) is 0 Å². The van der Waals surface area contributed by atoms with Crippen molar-refractivity contribution in [2.75, 3.05) is 12.9 Å². The number of nitrogens with zero attached hydrogens (tertiary/aromatic N) is 2. The monoisotopic (exact) mass is 349 g/mol. The average Bonchev–Trinajstić information content (AvgIpc) is 3.03. The highest BCUT2D eigenvalue weighted by Crippen LogP contribution is 2.36. The lowest BCUT2D eigenvalue weighted by Gasteiger charge is -2.39. The van der Waals surface area contributed by atoms with Crippen LogP contribution in [0.3, 0.4) is 0 Å². The molecule has 6 nitrogen and oxygen atoms in total.